The van der Waals surface area contributed by atoms with Gasteiger partial charge < -0.3 is 5.73 Å². The molecule has 0 saturated carbocycles. The van der Waals surface area contributed by atoms with Gasteiger partial charge >= 0.3 is 0 Å². The molecule has 1 aromatic heterocycles. The molecule has 2 aromatic rings. The maximum Gasteiger partial charge on any atom is 0.266 e. The molecule has 2 rings (SSSR count). The number of aryl methyl sites for hydroxylation is 2. The molecule has 0 aliphatic rings. The van der Waals surface area contributed by atoms with Crippen LogP contribution in [0.25, 0.3) is 5.69 Å². The van der Waals surface area contributed by atoms with Gasteiger partial charge in [0.1, 0.15) is 11.6 Å². The molecule has 0 atom stereocenters. The van der Waals surface area contributed by atoms with Crippen LogP contribution >= 0.6 is 0 Å². The van der Waals surface area contributed by atoms with Gasteiger partial charge in [0.25, 0.3) is 6.43 Å². The largest absolute Gasteiger partial charge is 0.399 e. The Hall–Kier alpha value is -1.98. The molecular formula is C11H12F2N4. The van der Waals surface area contributed by atoms with Crippen LogP contribution in [0.15, 0.2) is 18.2 Å². The Morgan fingerprint density at radius 2 is 2.00 bits per heavy atom. The van der Waals surface area contributed by atoms with E-state index in [4.69, 9.17) is 5.73 Å². The van der Waals surface area contributed by atoms with Gasteiger partial charge in [-0.25, -0.2) is 18.4 Å². The first-order valence-electron chi connectivity index (χ1n) is 5.07. The van der Waals surface area contributed by atoms with E-state index >= 15 is 0 Å². The molecular weight excluding hydrogens is 226 g/mol. The molecule has 6 heteroatoms. The average Bonchev–Trinajstić information content (AvgIpc) is 2.57. The first-order valence-corrected chi connectivity index (χ1v) is 5.07. The summed E-state index contributed by atoms with van der Waals surface area (Å²) in [4.78, 5) is 4.09. The van der Waals surface area contributed by atoms with Gasteiger partial charge in [-0.15, -0.1) is 0 Å². The van der Waals surface area contributed by atoms with E-state index in [2.05, 4.69) is 10.1 Å². The summed E-state index contributed by atoms with van der Waals surface area (Å²) >= 11 is 0. The molecule has 0 radical (unpaired) electrons. The lowest BCUT2D eigenvalue weighted by molar-refractivity contribution is 0.151. The summed E-state index contributed by atoms with van der Waals surface area (Å²) in [5, 5.41) is 4.08. The van der Waals surface area contributed by atoms with Crippen molar-refractivity contribution >= 4 is 5.69 Å². The van der Waals surface area contributed by atoms with Crippen molar-refractivity contribution in [2.24, 2.45) is 0 Å². The summed E-state index contributed by atoms with van der Waals surface area (Å²) in [6.07, 6.45) is -2.60. The molecule has 0 fully saturated rings. The molecule has 90 valence electrons. The zero-order chi connectivity index (χ0) is 12.6. The summed E-state index contributed by atoms with van der Waals surface area (Å²) in [5.74, 6) is 1.11. The van der Waals surface area contributed by atoms with Crippen LogP contribution in [0.4, 0.5) is 14.5 Å². The summed E-state index contributed by atoms with van der Waals surface area (Å²) in [6.45, 7) is 3.43. The van der Waals surface area contributed by atoms with Crippen LogP contribution in [0.2, 0.25) is 0 Å². The Morgan fingerprint density at radius 3 is 2.53 bits per heavy atom. The van der Waals surface area contributed by atoms with E-state index < -0.39 is 6.43 Å². The van der Waals surface area contributed by atoms with Gasteiger partial charge in [-0.2, -0.15) is 5.10 Å². The second-order valence-electron chi connectivity index (χ2n) is 3.74. The van der Waals surface area contributed by atoms with Gasteiger partial charge in [-0.3, -0.25) is 0 Å². The SMILES string of the molecule is Cc1nc(C)n(-c2ccc(N)cc2C(F)F)n1. The molecule has 1 aromatic carbocycles. The lowest BCUT2D eigenvalue weighted by Crippen LogP contribution is -2.05. The van der Waals surface area contributed by atoms with E-state index in [0.29, 0.717) is 23.0 Å². The Morgan fingerprint density at radius 1 is 1.29 bits per heavy atom. The Kier molecular flexibility index (Phi) is 2.79. The molecule has 0 saturated heterocycles. The van der Waals surface area contributed by atoms with E-state index in [9.17, 15) is 8.78 Å². The number of hydrogen-bond acceptors (Lipinski definition) is 3. The topological polar surface area (TPSA) is 56.7 Å². The Balaban J connectivity index is 2.62. The predicted octanol–water partition coefficient (Wildman–Crippen LogP) is 2.40. The molecule has 1 heterocycles. The smallest absolute Gasteiger partial charge is 0.266 e. The number of nitrogens with zero attached hydrogens (tertiary/aromatic N) is 3. The predicted molar refractivity (Wildman–Crippen MR) is 60.2 cm³/mol. The third kappa shape index (κ3) is 2.11. The van der Waals surface area contributed by atoms with Crippen molar-refractivity contribution in [3.05, 3.63) is 35.4 Å². The van der Waals surface area contributed by atoms with Crippen molar-refractivity contribution in [1.82, 2.24) is 14.8 Å². The van der Waals surface area contributed by atoms with Gasteiger partial charge in [0.15, 0.2) is 0 Å². The van der Waals surface area contributed by atoms with Crippen LogP contribution in [0.5, 0.6) is 0 Å². The van der Waals surface area contributed by atoms with E-state index in [1.165, 1.54) is 16.8 Å². The molecule has 0 unspecified atom stereocenters. The van der Waals surface area contributed by atoms with Crippen molar-refractivity contribution in [1.29, 1.82) is 0 Å². The van der Waals surface area contributed by atoms with Gasteiger partial charge in [-0.05, 0) is 32.0 Å². The summed E-state index contributed by atoms with van der Waals surface area (Å²) in [6, 6.07) is 4.35. The quantitative estimate of drug-likeness (QED) is 0.817. The number of anilines is 1. The maximum atomic E-state index is 12.9. The fourth-order valence-corrected chi connectivity index (χ4v) is 1.69. The van der Waals surface area contributed by atoms with Crippen molar-refractivity contribution in [3.8, 4) is 5.69 Å². The van der Waals surface area contributed by atoms with E-state index in [0.717, 1.165) is 0 Å². The summed E-state index contributed by atoms with van der Waals surface area (Å²) < 4.78 is 27.2. The molecule has 0 amide bonds. The average molecular weight is 238 g/mol. The number of hydrogen-bond donors (Lipinski definition) is 1. The first-order chi connectivity index (χ1) is 7.99. The molecule has 4 nitrogen and oxygen atoms in total. The Bertz CT molecular complexity index is 548. The van der Waals surface area contributed by atoms with Gasteiger partial charge in [0.2, 0.25) is 0 Å². The van der Waals surface area contributed by atoms with Crippen LogP contribution in [-0.2, 0) is 0 Å². The fraction of sp³-hybridized carbons (Fsp3) is 0.273. The van der Waals surface area contributed by atoms with Crippen molar-refractivity contribution < 1.29 is 8.78 Å². The van der Waals surface area contributed by atoms with E-state index in [1.54, 1.807) is 19.9 Å². The standard InChI is InChI=1S/C11H12F2N4/c1-6-15-7(2)17(16-6)10-4-3-8(14)5-9(10)11(12)13/h3-5,11H,14H2,1-2H3. The Labute approximate surface area is 97.1 Å². The lowest BCUT2D eigenvalue weighted by Gasteiger charge is -2.10. The lowest BCUT2D eigenvalue weighted by atomic mass is 10.1. The van der Waals surface area contributed by atoms with Crippen LogP contribution < -0.4 is 5.73 Å². The van der Waals surface area contributed by atoms with Crippen molar-refractivity contribution in [3.63, 3.8) is 0 Å². The molecule has 17 heavy (non-hydrogen) atoms. The molecule has 0 aliphatic carbocycles. The molecule has 2 N–H and O–H groups in total. The minimum Gasteiger partial charge on any atom is -0.399 e. The maximum absolute atomic E-state index is 12.9. The van der Waals surface area contributed by atoms with Gasteiger partial charge in [-0.1, -0.05) is 0 Å². The molecule has 0 aliphatic heterocycles. The number of rotatable bonds is 2. The summed E-state index contributed by atoms with van der Waals surface area (Å²) in [5.41, 5.74) is 5.98. The monoisotopic (exact) mass is 238 g/mol. The van der Waals surface area contributed by atoms with E-state index in [-0.39, 0.29) is 5.56 Å². The van der Waals surface area contributed by atoms with Crippen LogP contribution in [0.3, 0.4) is 0 Å². The zero-order valence-corrected chi connectivity index (χ0v) is 9.48. The van der Waals surface area contributed by atoms with Crippen LogP contribution in [-0.4, -0.2) is 14.8 Å². The summed E-state index contributed by atoms with van der Waals surface area (Å²) in [7, 11) is 0. The zero-order valence-electron chi connectivity index (χ0n) is 9.48. The van der Waals surface area contributed by atoms with E-state index in [1.807, 2.05) is 0 Å². The van der Waals surface area contributed by atoms with Gasteiger partial charge in [0, 0.05) is 11.3 Å². The minimum atomic E-state index is -2.60. The number of nitrogen functional groups attached to an aromatic ring is 1. The number of aromatic nitrogens is 3. The van der Waals surface area contributed by atoms with Gasteiger partial charge in [0.05, 0.1) is 5.69 Å². The highest BCUT2D eigenvalue weighted by atomic mass is 19.3. The number of halogens is 2. The first kappa shape index (κ1) is 11.5. The highest BCUT2D eigenvalue weighted by Crippen LogP contribution is 2.28. The normalized spacial score (nSPS) is 11.1. The van der Waals surface area contributed by atoms with Crippen LogP contribution in [0.1, 0.15) is 23.6 Å². The van der Waals surface area contributed by atoms with Crippen molar-refractivity contribution in [2.75, 3.05) is 5.73 Å². The third-order valence-electron chi connectivity index (χ3n) is 2.39. The molecule has 0 spiro atoms. The minimum absolute atomic E-state index is 0.141. The second-order valence-corrected chi connectivity index (χ2v) is 3.74. The molecule has 0 bridgehead atoms. The van der Waals surface area contributed by atoms with Crippen LogP contribution in [0, 0.1) is 13.8 Å². The highest BCUT2D eigenvalue weighted by Gasteiger charge is 2.17. The number of nitrogens with two attached hydrogens (primary N) is 1. The van der Waals surface area contributed by atoms with Crippen molar-refractivity contribution in [2.45, 2.75) is 20.3 Å². The fourth-order valence-electron chi connectivity index (χ4n) is 1.69. The number of alkyl halides is 2. The number of benzene rings is 1. The second kappa shape index (κ2) is 4.12. The highest BCUT2D eigenvalue weighted by molar-refractivity contribution is 5.52. The third-order valence-corrected chi connectivity index (χ3v) is 2.39.